The van der Waals surface area contributed by atoms with Crippen LogP contribution < -0.4 is 4.25 Å². The van der Waals surface area contributed by atoms with Gasteiger partial charge in [0, 0.05) is 35.4 Å². The van der Waals surface area contributed by atoms with E-state index in [2.05, 4.69) is 6.92 Å². The Morgan fingerprint density at radius 3 is 1.60 bits per heavy atom. The molecule has 4 nitrogen and oxygen atoms in total. The van der Waals surface area contributed by atoms with Gasteiger partial charge in [-0.1, -0.05) is 75.7 Å². The zero-order chi connectivity index (χ0) is 21.8. The zero-order valence-corrected chi connectivity index (χ0v) is 18.8. The lowest BCUT2D eigenvalue weighted by Gasteiger charge is -2.38. The molecule has 0 aliphatic heterocycles. The van der Waals surface area contributed by atoms with Crippen LogP contribution in [0.5, 0.6) is 0 Å². The summed E-state index contributed by atoms with van der Waals surface area (Å²) in [6, 6.07) is 22.9. The first kappa shape index (κ1) is 22.5. The number of quaternary nitrogens is 1. The average Bonchev–Trinajstić information content (AvgIpc) is 2.75. The highest BCUT2D eigenvalue weighted by atomic mass is 31.2. The first-order valence-corrected chi connectivity index (χ1v) is 12.2. The molecule has 0 spiro atoms. The van der Waals surface area contributed by atoms with Gasteiger partial charge in [0.05, 0.1) is 0 Å². The summed E-state index contributed by atoms with van der Waals surface area (Å²) >= 11 is 0. The van der Waals surface area contributed by atoms with E-state index in [1.165, 1.54) is 0 Å². The number of benzene rings is 3. The highest BCUT2D eigenvalue weighted by Gasteiger charge is 2.54. The van der Waals surface area contributed by atoms with Gasteiger partial charge in [0.2, 0.25) is 0 Å². The van der Waals surface area contributed by atoms with Gasteiger partial charge in [-0.3, -0.25) is 9.79 Å². The summed E-state index contributed by atoms with van der Waals surface area (Å²) in [6.07, 6.45) is 3.32. The number of hydrogen-bond donors (Lipinski definition) is 2. The van der Waals surface area contributed by atoms with Gasteiger partial charge in [-0.25, -0.2) is 4.57 Å². The molecule has 2 N–H and O–H groups in total. The molecule has 0 aliphatic carbocycles. The van der Waals surface area contributed by atoms with Crippen LogP contribution in [0.25, 0.3) is 0 Å². The molecule has 158 valence electrons. The van der Waals surface area contributed by atoms with E-state index >= 15 is 0 Å². The molecule has 0 bridgehead atoms. The lowest BCUT2D eigenvalue weighted by molar-refractivity contribution is 0.332. The first-order valence-electron chi connectivity index (χ1n) is 10.6. The molecule has 0 radical (unpaired) electrons. The minimum Gasteiger partial charge on any atom is -0.278 e. The predicted octanol–water partition coefficient (Wildman–Crippen LogP) is 6.83. The van der Waals surface area contributed by atoms with Gasteiger partial charge in [0.1, 0.15) is 5.69 Å². The Morgan fingerprint density at radius 2 is 1.20 bits per heavy atom. The third-order valence-electron chi connectivity index (χ3n) is 5.68. The van der Waals surface area contributed by atoms with Gasteiger partial charge in [0.15, 0.2) is 11.4 Å². The topological polar surface area (TPSA) is 57.5 Å². The van der Waals surface area contributed by atoms with Crippen molar-refractivity contribution in [3.8, 4) is 0 Å². The minimum absolute atomic E-state index is 0.574. The van der Waals surface area contributed by atoms with E-state index in [0.29, 0.717) is 29.9 Å². The standard InChI is InChI=1S/C25H30NO3P/c1-4-11-20-16-18-23(19-17-20)26(30(27,28)29,24-14-9-7-12-21(24)5-2)25-15-10-8-13-22(25)6-3/h7-10,12-19H,4-6,11H2,1-3H3,(H-,27,28,29)/p+1. The first-order chi connectivity index (χ1) is 14.4. The van der Waals surface area contributed by atoms with Crippen molar-refractivity contribution in [2.45, 2.75) is 46.5 Å². The van der Waals surface area contributed by atoms with Crippen LogP contribution in [0, 0.1) is 0 Å². The van der Waals surface area contributed by atoms with E-state index in [1.807, 2.05) is 86.6 Å². The van der Waals surface area contributed by atoms with E-state index in [1.54, 1.807) is 0 Å². The van der Waals surface area contributed by atoms with Crippen molar-refractivity contribution in [3.63, 3.8) is 0 Å². The smallest absolute Gasteiger partial charge is 0.278 e. The van der Waals surface area contributed by atoms with Crippen molar-refractivity contribution in [2.24, 2.45) is 0 Å². The SMILES string of the molecule is CCCc1ccc([N+](c2ccccc2CC)(c2ccccc2CC)P(=O)(O)O)cc1. The Balaban J connectivity index is 2.46. The summed E-state index contributed by atoms with van der Waals surface area (Å²) in [5, 5.41) is 0. The van der Waals surface area contributed by atoms with Gasteiger partial charge in [-0.05, 0) is 24.8 Å². The number of rotatable bonds is 8. The normalized spacial score (nSPS) is 12.2. The van der Waals surface area contributed by atoms with Crippen molar-refractivity contribution in [1.82, 2.24) is 4.25 Å². The quantitative estimate of drug-likeness (QED) is 0.390. The van der Waals surface area contributed by atoms with E-state index in [4.69, 9.17) is 0 Å². The molecule has 0 amide bonds. The van der Waals surface area contributed by atoms with Crippen LogP contribution in [-0.2, 0) is 23.8 Å². The van der Waals surface area contributed by atoms with E-state index < -0.39 is 12.0 Å². The van der Waals surface area contributed by atoms with E-state index in [0.717, 1.165) is 29.5 Å². The zero-order valence-electron chi connectivity index (χ0n) is 18.0. The summed E-state index contributed by atoms with van der Waals surface area (Å²) in [6.45, 7) is 6.16. The number of nitrogens with zero attached hydrogens (tertiary/aromatic N) is 1. The molecule has 0 aromatic heterocycles. The maximum atomic E-state index is 13.5. The van der Waals surface area contributed by atoms with Gasteiger partial charge < -0.3 is 0 Å². The Hall–Kier alpha value is -2.23. The van der Waals surface area contributed by atoms with Crippen molar-refractivity contribution in [3.05, 3.63) is 89.5 Å². The molecule has 0 unspecified atom stereocenters. The Morgan fingerprint density at radius 1 is 0.733 bits per heavy atom. The van der Waals surface area contributed by atoms with Crippen LogP contribution >= 0.6 is 7.75 Å². The molecular weight excluding hydrogens is 393 g/mol. The summed E-state index contributed by atoms with van der Waals surface area (Å²) in [5.74, 6) is 0. The monoisotopic (exact) mass is 424 g/mol. The summed E-state index contributed by atoms with van der Waals surface area (Å²) in [4.78, 5) is 22.0. The molecular formula is C25H31NO3P+. The van der Waals surface area contributed by atoms with Gasteiger partial charge in [0.25, 0.3) is 0 Å². The van der Waals surface area contributed by atoms with Crippen molar-refractivity contribution in [2.75, 3.05) is 0 Å². The van der Waals surface area contributed by atoms with E-state index in [-0.39, 0.29) is 0 Å². The molecule has 3 aromatic rings. The van der Waals surface area contributed by atoms with Gasteiger partial charge in [-0.2, -0.15) is 0 Å². The predicted molar refractivity (Wildman–Crippen MR) is 125 cm³/mol. The fraction of sp³-hybridized carbons (Fsp3) is 0.280. The second-order valence-corrected chi connectivity index (χ2v) is 9.16. The molecule has 0 fully saturated rings. The Bertz CT molecular complexity index is 993. The average molecular weight is 425 g/mol. The minimum atomic E-state index is -4.75. The van der Waals surface area contributed by atoms with Crippen LogP contribution in [-0.4, -0.2) is 9.79 Å². The molecule has 30 heavy (non-hydrogen) atoms. The highest BCUT2D eigenvalue weighted by molar-refractivity contribution is 7.52. The van der Waals surface area contributed by atoms with Crippen LogP contribution in [0.3, 0.4) is 0 Å². The van der Waals surface area contributed by atoms with Crippen LogP contribution in [0.4, 0.5) is 17.1 Å². The maximum absolute atomic E-state index is 13.5. The number of aryl methyl sites for hydroxylation is 3. The Labute approximate surface area is 179 Å². The largest absolute Gasteiger partial charge is 0.541 e. The summed E-state index contributed by atoms with van der Waals surface area (Å²) in [5.41, 5.74) is 4.83. The third kappa shape index (κ3) is 3.89. The second-order valence-electron chi connectivity index (χ2n) is 7.53. The number of para-hydroxylation sites is 2. The molecule has 3 rings (SSSR count). The molecule has 0 saturated heterocycles. The Kier molecular flexibility index (Phi) is 6.95. The lowest BCUT2D eigenvalue weighted by Crippen LogP contribution is -2.36. The maximum Gasteiger partial charge on any atom is 0.541 e. The van der Waals surface area contributed by atoms with Crippen LogP contribution in [0.2, 0.25) is 0 Å². The van der Waals surface area contributed by atoms with Crippen LogP contribution in [0.1, 0.15) is 43.9 Å². The molecule has 5 heteroatoms. The molecule has 0 atom stereocenters. The molecule has 3 aromatic carbocycles. The fourth-order valence-electron chi connectivity index (χ4n) is 4.26. The fourth-order valence-corrected chi connectivity index (χ4v) is 5.64. The van der Waals surface area contributed by atoms with Crippen LogP contribution in [0.15, 0.2) is 72.8 Å². The molecule has 0 heterocycles. The van der Waals surface area contributed by atoms with Crippen molar-refractivity contribution < 1.29 is 14.4 Å². The summed E-state index contributed by atoms with van der Waals surface area (Å²) < 4.78 is 12.9. The summed E-state index contributed by atoms with van der Waals surface area (Å²) in [7, 11) is -4.75. The molecule has 0 aliphatic rings. The van der Waals surface area contributed by atoms with Crippen molar-refractivity contribution >= 4 is 24.8 Å². The van der Waals surface area contributed by atoms with Gasteiger partial charge in [-0.15, -0.1) is 4.25 Å². The molecule has 0 saturated carbocycles. The second kappa shape index (κ2) is 9.28. The van der Waals surface area contributed by atoms with Crippen molar-refractivity contribution in [1.29, 1.82) is 0 Å². The highest BCUT2D eigenvalue weighted by Crippen LogP contribution is 2.64. The lowest BCUT2D eigenvalue weighted by atomic mass is 10.0. The van der Waals surface area contributed by atoms with Gasteiger partial charge >= 0.3 is 7.75 Å². The van der Waals surface area contributed by atoms with E-state index in [9.17, 15) is 14.4 Å². The number of hydrogen-bond acceptors (Lipinski definition) is 1. The third-order valence-corrected chi connectivity index (χ3v) is 7.13.